The highest BCUT2D eigenvalue weighted by Gasteiger charge is 2.18. The van der Waals surface area contributed by atoms with E-state index in [1.165, 1.54) is 17.9 Å². The fourth-order valence-corrected chi connectivity index (χ4v) is 3.84. The van der Waals surface area contributed by atoms with Crippen LogP contribution in [-0.2, 0) is 28.9 Å². The van der Waals surface area contributed by atoms with Gasteiger partial charge in [0.25, 0.3) is 0 Å². The number of nitrogens with zero attached hydrogens (tertiary/aromatic N) is 3. The number of oxazole rings is 1. The molecule has 0 spiro atoms. The standard InChI is InChI=1S/C22H18ClN5O4/c1-31-18(29)11-28-17-9-15-8-13(19(17)32-22(28)30)6-5-12-3-2-4-14(7-12)26-21-24-10-16(23)20(25-15)27-21/h2-4,7-10H,5-6,11H2,1H3,(H2,24,25,26,27). The summed E-state index contributed by atoms with van der Waals surface area (Å²) in [5.41, 5.74) is 4.31. The molecule has 32 heavy (non-hydrogen) atoms. The molecule has 2 aromatic carbocycles. The molecule has 0 atom stereocenters. The molecule has 0 saturated heterocycles. The van der Waals surface area contributed by atoms with Crippen molar-refractivity contribution >= 4 is 51.8 Å². The first-order valence-electron chi connectivity index (χ1n) is 9.89. The minimum absolute atomic E-state index is 0.254. The predicted molar refractivity (Wildman–Crippen MR) is 120 cm³/mol. The third-order valence-electron chi connectivity index (χ3n) is 5.23. The number of fused-ring (bicyclic) bond motifs is 8. The molecule has 1 aliphatic rings. The fourth-order valence-electron chi connectivity index (χ4n) is 3.70. The van der Waals surface area contributed by atoms with Crippen LogP contribution in [0.25, 0.3) is 11.1 Å². The van der Waals surface area contributed by atoms with Crippen molar-refractivity contribution in [2.45, 2.75) is 19.4 Å². The topological polar surface area (TPSA) is 111 Å². The minimum atomic E-state index is -0.626. The maximum Gasteiger partial charge on any atom is 0.420 e. The number of halogens is 1. The van der Waals surface area contributed by atoms with Crippen LogP contribution in [0.5, 0.6) is 0 Å². The summed E-state index contributed by atoms with van der Waals surface area (Å²) in [6.45, 7) is -0.254. The van der Waals surface area contributed by atoms with Crippen molar-refractivity contribution in [1.82, 2.24) is 14.5 Å². The second kappa shape index (κ2) is 8.01. The summed E-state index contributed by atoms with van der Waals surface area (Å²) < 4.78 is 11.5. The second-order valence-electron chi connectivity index (χ2n) is 7.35. The largest absolute Gasteiger partial charge is 0.468 e. The number of hydrogen-bond donors (Lipinski definition) is 2. The summed E-state index contributed by atoms with van der Waals surface area (Å²) >= 11 is 6.32. The Bertz CT molecular complexity index is 1410. The zero-order valence-corrected chi connectivity index (χ0v) is 17.8. The Morgan fingerprint density at radius 3 is 2.94 bits per heavy atom. The molecule has 0 fully saturated rings. The van der Waals surface area contributed by atoms with Crippen LogP contribution < -0.4 is 16.4 Å². The number of rotatable bonds is 2. The third-order valence-corrected chi connectivity index (χ3v) is 5.51. The van der Waals surface area contributed by atoms with Crippen molar-refractivity contribution in [2.75, 3.05) is 17.7 Å². The molecule has 0 aliphatic carbocycles. The van der Waals surface area contributed by atoms with Crippen molar-refractivity contribution in [1.29, 1.82) is 0 Å². The molecule has 0 unspecified atom stereocenters. The number of carbonyl (C=O) groups is 1. The SMILES string of the molecule is COC(=O)Cn1c(=O)oc2c3cc(cc21)Nc1nc(ncc1Cl)Nc1cccc(c1)CC3. The van der Waals surface area contributed by atoms with Crippen LogP contribution in [0.4, 0.5) is 23.1 Å². The van der Waals surface area contributed by atoms with Crippen LogP contribution in [-0.4, -0.2) is 27.6 Å². The van der Waals surface area contributed by atoms with Crippen molar-refractivity contribution in [3.8, 4) is 0 Å². The Hall–Kier alpha value is -3.85. The summed E-state index contributed by atoms with van der Waals surface area (Å²) in [7, 11) is 1.27. The summed E-state index contributed by atoms with van der Waals surface area (Å²) in [6, 6.07) is 11.5. The highest BCUT2D eigenvalue weighted by atomic mass is 35.5. The zero-order chi connectivity index (χ0) is 22.2. The van der Waals surface area contributed by atoms with Gasteiger partial charge in [-0.1, -0.05) is 23.7 Å². The monoisotopic (exact) mass is 451 g/mol. The molecule has 0 amide bonds. The van der Waals surface area contributed by atoms with Gasteiger partial charge in [0, 0.05) is 11.4 Å². The number of esters is 1. The van der Waals surface area contributed by atoms with Crippen LogP contribution in [0.1, 0.15) is 11.1 Å². The number of carbonyl (C=O) groups excluding carboxylic acids is 1. The van der Waals surface area contributed by atoms with Crippen LogP contribution >= 0.6 is 11.6 Å². The van der Waals surface area contributed by atoms with Crippen molar-refractivity contribution in [3.05, 3.63) is 69.3 Å². The Kier molecular flexibility index (Phi) is 5.02. The van der Waals surface area contributed by atoms with E-state index in [0.29, 0.717) is 46.4 Å². The van der Waals surface area contributed by atoms with Gasteiger partial charge < -0.3 is 19.8 Å². The lowest BCUT2D eigenvalue weighted by atomic mass is 10.0. The average Bonchev–Trinajstić information content (AvgIpc) is 3.09. The molecule has 1 aliphatic heterocycles. The lowest BCUT2D eigenvalue weighted by molar-refractivity contribution is -0.141. The van der Waals surface area contributed by atoms with Crippen LogP contribution in [0.3, 0.4) is 0 Å². The minimum Gasteiger partial charge on any atom is -0.468 e. The molecule has 9 nitrogen and oxygen atoms in total. The molecule has 162 valence electrons. The molecule has 5 rings (SSSR count). The summed E-state index contributed by atoms with van der Waals surface area (Å²) in [6.07, 6.45) is 2.82. The molecule has 2 N–H and O–H groups in total. The lowest BCUT2D eigenvalue weighted by Crippen LogP contribution is -2.20. The Balaban J connectivity index is 1.70. The Labute approximate surface area is 187 Å². The smallest absolute Gasteiger partial charge is 0.420 e. The van der Waals surface area contributed by atoms with Gasteiger partial charge in [0.05, 0.1) is 18.8 Å². The van der Waals surface area contributed by atoms with Crippen LogP contribution in [0, 0.1) is 0 Å². The van der Waals surface area contributed by atoms with E-state index >= 15 is 0 Å². The number of nitrogens with one attached hydrogen (secondary N) is 2. The quantitative estimate of drug-likeness (QED) is 0.443. The van der Waals surface area contributed by atoms with E-state index in [-0.39, 0.29) is 6.54 Å². The Morgan fingerprint density at radius 2 is 2.09 bits per heavy atom. The Morgan fingerprint density at radius 1 is 1.22 bits per heavy atom. The van der Waals surface area contributed by atoms with Crippen molar-refractivity contribution in [3.63, 3.8) is 0 Å². The molecule has 0 saturated carbocycles. The van der Waals surface area contributed by atoms with Gasteiger partial charge in [0.2, 0.25) is 5.95 Å². The van der Waals surface area contributed by atoms with Gasteiger partial charge in [0.1, 0.15) is 11.6 Å². The van der Waals surface area contributed by atoms with Gasteiger partial charge in [0.15, 0.2) is 11.4 Å². The molecule has 4 aromatic rings. The first kappa shape index (κ1) is 20.1. The van der Waals surface area contributed by atoms with Crippen molar-refractivity contribution < 1.29 is 13.9 Å². The van der Waals surface area contributed by atoms with Crippen LogP contribution in [0.15, 0.2) is 51.8 Å². The van der Waals surface area contributed by atoms with Crippen molar-refractivity contribution in [2.24, 2.45) is 0 Å². The molecular formula is C22H18ClN5O4. The predicted octanol–water partition coefficient (Wildman–Crippen LogP) is 3.80. The normalized spacial score (nSPS) is 12.7. The molecular weight excluding hydrogens is 434 g/mol. The van der Waals surface area contributed by atoms with Gasteiger partial charge in [-0.15, -0.1) is 0 Å². The number of ether oxygens (including phenoxy) is 1. The van der Waals surface area contributed by atoms with E-state index in [9.17, 15) is 9.59 Å². The number of aromatic nitrogens is 3. The number of anilines is 4. The van der Waals surface area contributed by atoms with Gasteiger partial charge >= 0.3 is 11.7 Å². The van der Waals surface area contributed by atoms with E-state index in [2.05, 4.69) is 20.6 Å². The maximum atomic E-state index is 12.5. The second-order valence-corrected chi connectivity index (χ2v) is 7.76. The summed E-state index contributed by atoms with van der Waals surface area (Å²) in [5.74, 6) is -0.388. The lowest BCUT2D eigenvalue weighted by Gasteiger charge is -2.11. The van der Waals surface area contributed by atoms with E-state index in [4.69, 9.17) is 20.8 Å². The molecule has 3 heterocycles. The first-order valence-corrected chi connectivity index (χ1v) is 10.3. The number of methoxy groups -OCH3 is 1. The fraction of sp³-hybridized carbons (Fsp3) is 0.182. The van der Waals surface area contributed by atoms with Gasteiger partial charge in [-0.3, -0.25) is 9.36 Å². The van der Waals surface area contributed by atoms with E-state index < -0.39 is 11.7 Å². The summed E-state index contributed by atoms with van der Waals surface area (Å²) in [5, 5.41) is 6.72. The van der Waals surface area contributed by atoms with Gasteiger partial charge in [-0.2, -0.15) is 4.98 Å². The highest BCUT2D eigenvalue weighted by Crippen LogP contribution is 2.30. The number of hydrogen-bond acceptors (Lipinski definition) is 8. The third kappa shape index (κ3) is 3.78. The molecule has 0 radical (unpaired) electrons. The first-order chi connectivity index (χ1) is 15.5. The van der Waals surface area contributed by atoms with E-state index in [0.717, 1.165) is 16.8 Å². The van der Waals surface area contributed by atoms with E-state index in [1.54, 1.807) is 6.07 Å². The molecule has 10 heteroatoms. The zero-order valence-electron chi connectivity index (χ0n) is 17.0. The van der Waals surface area contributed by atoms with Crippen LogP contribution in [0.2, 0.25) is 5.02 Å². The number of aryl methyl sites for hydroxylation is 2. The average molecular weight is 452 g/mol. The molecule has 2 aromatic heterocycles. The van der Waals surface area contributed by atoms with Gasteiger partial charge in [-0.25, -0.2) is 9.78 Å². The van der Waals surface area contributed by atoms with Gasteiger partial charge in [-0.05, 0) is 48.2 Å². The number of benzene rings is 2. The highest BCUT2D eigenvalue weighted by molar-refractivity contribution is 6.32. The van der Waals surface area contributed by atoms with E-state index in [1.807, 2.05) is 30.3 Å². The summed E-state index contributed by atoms with van der Waals surface area (Å²) in [4.78, 5) is 33.1. The maximum absolute atomic E-state index is 12.5. The molecule has 6 bridgehead atoms.